The van der Waals surface area contributed by atoms with Gasteiger partial charge < -0.3 is 25.0 Å². The minimum Gasteiger partial charge on any atom is -0.471 e. The normalized spacial score (nSPS) is 15.3. The van der Waals surface area contributed by atoms with Crippen LogP contribution in [0.3, 0.4) is 0 Å². The number of nitrogens with one attached hydrogen (secondary N) is 3. The van der Waals surface area contributed by atoms with Crippen LogP contribution < -0.4 is 20.7 Å². The maximum absolute atomic E-state index is 14.4. The van der Waals surface area contributed by atoms with E-state index in [1.807, 2.05) is 0 Å². The van der Waals surface area contributed by atoms with E-state index in [0.717, 1.165) is 56.9 Å². The van der Waals surface area contributed by atoms with Crippen molar-refractivity contribution in [3.05, 3.63) is 40.7 Å². The summed E-state index contributed by atoms with van der Waals surface area (Å²) in [7, 11) is 1.20. The summed E-state index contributed by atoms with van der Waals surface area (Å²) in [6.45, 7) is 3.55. The van der Waals surface area contributed by atoms with Gasteiger partial charge in [0.15, 0.2) is 5.56 Å². The molecule has 3 N–H and O–H groups in total. The van der Waals surface area contributed by atoms with Crippen LogP contribution in [-0.2, 0) is 11.3 Å². The summed E-state index contributed by atoms with van der Waals surface area (Å²) in [5, 5.41) is 8.42. The number of methoxy groups -OCH3 is 1. The van der Waals surface area contributed by atoms with Gasteiger partial charge in [-0.25, -0.2) is 14.0 Å². The van der Waals surface area contributed by atoms with E-state index < -0.39 is 17.8 Å². The Hall–Kier alpha value is -3.25. The molecule has 1 aromatic heterocycles. The van der Waals surface area contributed by atoms with Crippen molar-refractivity contribution in [3.63, 3.8) is 0 Å². The van der Waals surface area contributed by atoms with Crippen LogP contribution in [0.15, 0.2) is 18.2 Å². The third-order valence-corrected chi connectivity index (χ3v) is 6.99. The summed E-state index contributed by atoms with van der Waals surface area (Å²) >= 11 is 0.858. The molecule has 3 amide bonds. The van der Waals surface area contributed by atoms with Crippen LogP contribution in [0.2, 0.25) is 0 Å². The molecular weight excluding hydrogens is 501 g/mol. The Kier molecular flexibility index (Phi) is 9.29. The maximum Gasteiger partial charge on any atom is 0.346 e. The largest absolute Gasteiger partial charge is 0.471 e. The molecule has 2 aromatic rings. The van der Waals surface area contributed by atoms with Gasteiger partial charge in [0.25, 0.3) is 5.91 Å². The summed E-state index contributed by atoms with van der Waals surface area (Å²) in [6, 6.07) is 3.72. The highest BCUT2D eigenvalue weighted by Crippen LogP contribution is 2.32. The van der Waals surface area contributed by atoms with E-state index in [4.69, 9.17) is 9.47 Å². The maximum atomic E-state index is 14.4. The number of benzene rings is 1. The third-order valence-electron chi connectivity index (χ3n) is 6.25. The summed E-state index contributed by atoms with van der Waals surface area (Å²) < 4.78 is 29.0. The lowest BCUT2D eigenvalue weighted by molar-refractivity contribution is 0.0596. The van der Waals surface area contributed by atoms with Crippen molar-refractivity contribution < 1.29 is 28.2 Å². The number of nitrogens with zero attached hydrogens (tertiary/aromatic N) is 2. The molecule has 10 nitrogen and oxygen atoms in total. The number of carbonyl (C=O) groups is 3. The summed E-state index contributed by atoms with van der Waals surface area (Å²) in [6.07, 6.45) is 6.22. The molecule has 4 rings (SSSR count). The number of anilines is 1. The van der Waals surface area contributed by atoms with Gasteiger partial charge in [-0.1, -0.05) is 0 Å². The molecule has 1 saturated carbocycles. The summed E-state index contributed by atoms with van der Waals surface area (Å²) in [5.41, 5.74) is 0.394. The second-order valence-corrected chi connectivity index (χ2v) is 9.94. The number of rotatable bonds is 12. The van der Waals surface area contributed by atoms with Crippen molar-refractivity contribution in [3.8, 4) is 5.88 Å². The second-order valence-electron chi connectivity index (χ2n) is 9.16. The van der Waals surface area contributed by atoms with E-state index in [1.54, 1.807) is 0 Å². The molecule has 2 aliphatic rings. The van der Waals surface area contributed by atoms with Crippen LogP contribution in [0.25, 0.3) is 0 Å². The molecule has 2 heterocycles. The first kappa shape index (κ1) is 26.8. The van der Waals surface area contributed by atoms with Crippen molar-refractivity contribution in [2.45, 2.75) is 51.2 Å². The number of carbonyl (C=O) groups excluding carboxylic acids is 3. The van der Waals surface area contributed by atoms with Gasteiger partial charge in [-0.05, 0) is 87.9 Å². The molecule has 1 aliphatic heterocycles. The first-order valence-corrected chi connectivity index (χ1v) is 13.3. The predicted molar refractivity (Wildman–Crippen MR) is 137 cm³/mol. The van der Waals surface area contributed by atoms with E-state index in [1.165, 1.54) is 38.2 Å². The minimum atomic E-state index is -0.748. The highest BCUT2D eigenvalue weighted by Gasteiger charge is 2.26. The molecule has 1 aromatic carbocycles. The fraction of sp³-hybridized carbons (Fsp3) is 0.520. The zero-order chi connectivity index (χ0) is 26.2. The molecule has 0 radical (unpaired) electrons. The fourth-order valence-corrected chi connectivity index (χ4v) is 4.74. The van der Waals surface area contributed by atoms with E-state index in [9.17, 15) is 18.8 Å². The predicted octanol–water partition coefficient (Wildman–Crippen LogP) is 3.54. The van der Waals surface area contributed by atoms with Gasteiger partial charge in [0.05, 0.1) is 7.11 Å². The molecule has 0 bridgehead atoms. The molecule has 0 unspecified atom stereocenters. The van der Waals surface area contributed by atoms with Crippen molar-refractivity contribution >= 4 is 34.4 Å². The van der Waals surface area contributed by atoms with Crippen LogP contribution >= 0.6 is 11.5 Å². The van der Waals surface area contributed by atoms with Crippen molar-refractivity contribution in [1.29, 1.82) is 0 Å². The van der Waals surface area contributed by atoms with Crippen LogP contribution in [0, 0.1) is 5.82 Å². The standard InChI is InChI=1S/C25H32FN5O5S/c1-35-24(33)20-22(36-15-17-14-16(6-9-19(17)26)21(32)28-18-7-8-18)30-37-23(20)29-25(34)27-10-2-3-11-31-12-4-5-13-31/h6,9,14,18H,2-5,7-8,10-13,15H2,1H3,(H,28,32)(H2,27,29,34). The molecule has 1 aliphatic carbocycles. The lowest BCUT2D eigenvalue weighted by Gasteiger charge is -2.14. The van der Waals surface area contributed by atoms with Gasteiger partial charge in [-0.15, -0.1) is 0 Å². The first-order chi connectivity index (χ1) is 17.9. The molecule has 2 fully saturated rings. The van der Waals surface area contributed by atoms with Gasteiger partial charge in [0.1, 0.15) is 17.4 Å². The summed E-state index contributed by atoms with van der Waals surface area (Å²) in [5.74, 6) is -1.67. The molecular formula is C25H32FN5O5S. The number of hydrogen-bond acceptors (Lipinski definition) is 8. The van der Waals surface area contributed by atoms with Crippen molar-refractivity contribution in [2.75, 3.05) is 38.6 Å². The molecule has 0 spiro atoms. The first-order valence-electron chi connectivity index (χ1n) is 12.5. The molecule has 37 heavy (non-hydrogen) atoms. The Morgan fingerprint density at radius 3 is 2.70 bits per heavy atom. The Balaban J connectivity index is 1.32. The Labute approximate surface area is 219 Å². The van der Waals surface area contributed by atoms with E-state index in [0.29, 0.717) is 12.1 Å². The zero-order valence-corrected chi connectivity index (χ0v) is 21.6. The number of unbranched alkanes of at least 4 members (excludes halogenated alkanes) is 1. The number of amides is 3. The van der Waals surface area contributed by atoms with E-state index in [2.05, 4.69) is 25.2 Å². The molecule has 12 heteroatoms. The van der Waals surface area contributed by atoms with Crippen molar-refractivity contribution in [2.24, 2.45) is 0 Å². The average Bonchev–Trinajstić information content (AvgIpc) is 3.38. The lowest BCUT2D eigenvalue weighted by Crippen LogP contribution is -2.30. The number of halogens is 1. The number of aromatic nitrogens is 1. The Morgan fingerprint density at radius 2 is 1.97 bits per heavy atom. The summed E-state index contributed by atoms with van der Waals surface area (Å²) in [4.78, 5) is 39.5. The number of hydrogen-bond donors (Lipinski definition) is 3. The Morgan fingerprint density at radius 1 is 1.19 bits per heavy atom. The average molecular weight is 534 g/mol. The number of urea groups is 1. The van der Waals surface area contributed by atoms with Gasteiger partial charge >= 0.3 is 12.0 Å². The van der Waals surface area contributed by atoms with Gasteiger partial charge in [-0.3, -0.25) is 10.1 Å². The quantitative estimate of drug-likeness (QED) is 0.282. The smallest absolute Gasteiger partial charge is 0.346 e. The van der Waals surface area contributed by atoms with Crippen LogP contribution in [-0.4, -0.2) is 66.5 Å². The highest BCUT2D eigenvalue weighted by molar-refractivity contribution is 7.11. The van der Waals surface area contributed by atoms with Gasteiger partial charge in [0, 0.05) is 23.7 Å². The van der Waals surface area contributed by atoms with Gasteiger partial charge in [0.2, 0.25) is 5.88 Å². The lowest BCUT2D eigenvalue weighted by atomic mass is 10.1. The number of ether oxygens (including phenoxy) is 2. The fourth-order valence-electron chi connectivity index (χ4n) is 4.03. The topological polar surface area (TPSA) is 122 Å². The van der Waals surface area contributed by atoms with Gasteiger partial charge in [-0.2, -0.15) is 4.37 Å². The number of likely N-dealkylation sites (tertiary alicyclic amines) is 1. The zero-order valence-electron chi connectivity index (χ0n) is 20.8. The van der Waals surface area contributed by atoms with Crippen LogP contribution in [0.4, 0.5) is 14.2 Å². The van der Waals surface area contributed by atoms with Crippen LogP contribution in [0.5, 0.6) is 5.88 Å². The van der Waals surface area contributed by atoms with E-state index >= 15 is 0 Å². The second kappa shape index (κ2) is 12.8. The number of esters is 1. The molecule has 200 valence electrons. The SMILES string of the molecule is COC(=O)c1c(OCc2cc(C(=O)NC3CC3)ccc2F)nsc1NC(=O)NCCCCN1CCCC1. The molecule has 1 saturated heterocycles. The Bertz CT molecular complexity index is 1120. The molecule has 0 atom stereocenters. The third kappa shape index (κ3) is 7.62. The highest BCUT2D eigenvalue weighted by atomic mass is 32.1. The minimum absolute atomic E-state index is 0.0558. The van der Waals surface area contributed by atoms with Crippen molar-refractivity contribution in [1.82, 2.24) is 19.9 Å². The van der Waals surface area contributed by atoms with E-state index in [-0.39, 0.29) is 40.6 Å². The van der Waals surface area contributed by atoms with Crippen LogP contribution in [0.1, 0.15) is 64.8 Å². The monoisotopic (exact) mass is 533 g/mol.